The number of thiazole rings is 1. The number of likely N-dealkylation sites (tertiary alicyclic amines) is 1. The zero-order valence-electron chi connectivity index (χ0n) is 17.1. The lowest BCUT2D eigenvalue weighted by Gasteiger charge is -2.38. The van der Waals surface area contributed by atoms with Crippen molar-refractivity contribution >= 4 is 34.7 Å². The monoisotopic (exact) mass is 436 g/mol. The summed E-state index contributed by atoms with van der Waals surface area (Å²) in [4.78, 5) is 45.1. The highest BCUT2D eigenvalue weighted by Gasteiger charge is 2.42. The van der Waals surface area contributed by atoms with Gasteiger partial charge in [-0.1, -0.05) is 18.2 Å². The number of fused-ring (bicyclic) bond motifs is 1. The Kier molecular flexibility index (Phi) is 5.31. The normalized spacial score (nSPS) is 25.9. The fraction of sp³-hybridized carbons (Fsp3) is 0.391. The van der Waals surface area contributed by atoms with Gasteiger partial charge in [0.05, 0.1) is 22.5 Å². The van der Waals surface area contributed by atoms with Crippen LogP contribution in [-0.4, -0.2) is 40.7 Å². The van der Waals surface area contributed by atoms with E-state index in [0.717, 1.165) is 17.8 Å². The summed E-state index contributed by atoms with van der Waals surface area (Å²) in [6.07, 6.45) is 8.85. The van der Waals surface area contributed by atoms with Gasteiger partial charge in [0.2, 0.25) is 11.8 Å². The number of nitrogens with one attached hydrogen (secondary N) is 1. The lowest BCUT2D eigenvalue weighted by molar-refractivity contribution is -0.139. The maximum Gasteiger partial charge on any atom is 0.253 e. The molecule has 3 aliphatic rings. The predicted molar refractivity (Wildman–Crippen MR) is 117 cm³/mol. The van der Waals surface area contributed by atoms with Gasteiger partial charge in [0.1, 0.15) is 0 Å². The summed E-state index contributed by atoms with van der Waals surface area (Å²) in [5.41, 5.74) is 3.77. The van der Waals surface area contributed by atoms with Crippen molar-refractivity contribution in [2.45, 2.75) is 31.6 Å². The van der Waals surface area contributed by atoms with Crippen LogP contribution in [0, 0.1) is 11.8 Å². The predicted octanol–water partition coefficient (Wildman–Crippen LogP) is 3.12. The van der Waals surface area contributed by atoms with E-state index in [2.05, 4.69) is 10.4 Å². The van der Waals surface area contributed by atoms with E-state index in [9.17, 15) is 14.4 Å². The number of carbonyl (C=O) groups excluding carboxylic acids is 3. The number of allylic oxidation sites excluding steroid dienone is 2. The highest BCUT2D eigenvalue weighted by Crippen LogP contribution is 2.33. The molecule has 2 aromatic rings. The molecule has 3 heterocycles. The van der Waals surface area contributed by atoms with Gasteiger partial charge in [-0.25, -0.2) is 9.99 Å². The molecule has 1 aromatic carbocycles. The Morgan fingerprint density at radius 1 is 1.16 bits per heavy atom. The molecule has 0 radical (unpaired) electrons. The Balaban J connectivity index is 1.35. The highest BCUT2D eigenvalue weighted by atomic mass is 32.1. The molecule has 3 atom stereocenters. The second kappa shape index (κ2) is 8.26. The Labute approximate surface area is 184 Å². The summed E-state index contributed by atoms with van der Waals surface area (Å²) < 4.78 is 0. The van der Waals surface area contributed by atoms with Crippen LogP contribution in [0.2, 0.25) is 0 Å². The number of nitrogens with zero attached hydrogens (tertiary/aromatic N) is 3. The molecule has 0 spiro atoms. The Hall–Kier alpha value is -3.00. The smallest absolute Gasteiger partial charge is 0.253 e. The van der Waals surface area contributed by atoms with E-state index in [0.29, 0.717) is 37.2 Å². The zero-order chi connectivity index (χ0) is 21.4. The third kappa shape index (κ3) is 3.76. The first-order chi connectivity index (χ1) is 15.1. The standard InChI is InChI=1S/C23H24N4O3S/c28-20-18-8-1-2-9-19(18)23(30)27(25-20)17-7-3-5-15(13-17)22(29)26-11-4-6-16(14-26)21-24-10-12-31-21/h1-3,5,7,10,12-13,16,18-19H,4,6,8-9,11,14H2,(H,25,28). The van der Waals surface area contributed by atoms with Crippen LogP contribution in [0.5, 0.6) is 0 Å². The molecule has 5 rings (SSSR count). The molecule has 31 heavy (non-hydrogen) atoms. The van der Waals surface area contributed by atoms with Gasteiger partial charge in [-0.2, -0.15) is 0 Å². The Morgan fingerprint density at radius 2 is 2.00 bits per heavy atom. The molecule has 0 saturated carbocycles. The summed E-state index contributed by atoms with van der Waals surface area (Å²) in [7, 11) is 0. The number of aromatic nitrogens is 1. The molecule has 3 unspecified atom stereocenters. The lowest BCUT2D eigenvalue weighted by Crippen LogP contribution is -2.59. The number of rotatable bonds is 3. The van der Waals surface area contributed by atoms with Crippen LogP contribution in [-0.2, 0) is 9.59 Å². The largest absolute Gasteiger partial charge is 0.338 e. The van der Waals surface area contributed by atoms with Gasteiger partial charge in [-0.3, -0.25) is 19.8 Å². The minimum Gasteiger partial charge on any atom is -0.338 e. The molecular weight excluding hydrogens is 412 g/mol. The van der Waals surface area contributed by atoms with E-state index in [1.165, 1.54) is 5.01 Å². The summed E-state index contributed by atoms with van der Waals surface area (Å²) in [5, 5.41) is 4.36. The summed E-state index contributed by atoms with van der Waals surface area (Å²) >= 11 is 1.63. The van der Waals surface area contributed by atoms with E-state index in [1.54, 1.807) is 41.8 Å². The number of hydrazine groups is 1. The van der Waals surface area contributed by atoms with Crippen molar-refractivity contribution in [2.75, 3.05) is 18.1 Å². The SMILES string of the molecule is O=C1NN(c2cccc(C(=O)N3CCCC(c4nccs4)C3)c2)C(=O)C2CC=CCC12. The lowest BCUT2D eigenvalue weighted by atomic mass is 9.80. The maximum atomic E-state index is 13.2. The van der Waals surface area contributed by atoms with Gasteiger partial charge in [0, 0.05) is 36.1 Å². The third-order valence-corrected chi connectivity index (χ3v) is 7.33. The number of hydrogen-bond acceptors (Lipinski definition) is 5. The van der Waals surface area contributed by atoms with Crippen LogP contribution in [0.4, 0.5) is 5.69 Å². The molecule has 2 fully saturated rings. The van der Waals surface area contributed by atoms with E-state index in [-0.39, 0.29) is 35.5 Å². The summed E-state index contributed by atoms with van der Waals surface area (Å²) in [6.45, 7) is 1.35. The van der Waals surface area contributed by atoms with Crippen molar-refractivity contribution in [1.29, 1.82) is 0 Å². The van der Waals surface area contributed by atoms with Crippen molar-refractivity contribution in [1.82, 2.24) is 15.3 Å². The second-order valence-electron chi connectivity index (χ2n) is 8.32. The van der Waals surface area contributed by atoms with E-state index >= 15 is 0 Å². The molecule has 7 nitrogen and oxygen atoms in total. The number of benzene rings is 1. The number of piperidine rings is 1. The fourth-order valence-corrected chi connectivity index (χ4v) is 5.51. The first kappa shape index (κ1) is 19.9. The van der Waals surface area contributed by atoms with Gasteiger partial charge in [-0.15, -0.1) is 11.3 Å². The van der Waals surface area contributed by atoms with Crippen LogP contribution in [0.3, 0.4) is 0 Å². The number of hydrogen-bond donors (Lipinski definition) is 1. The Bertz CT molecular complexity index is 1040. The van der Waals surface area contributed by atoms with Gasteiger partial charge >= 0.3 is 0 Å². The van der Waals surface area contributed by atoms with Gasteiger partial charge in [0.25, 0.3) is 5.91 Å². The molecule has 2 aliphatic heterocycles. The van der Waals surface area contributed by atoms with Gasteiger partial charge in [0.15, 0.2) is 0 Å². The first-order valence-corrected chi connectivity index (χ1v) is 11.6. The topological polar surface area (TPSA) is 82.6 Å². The zero-order valence-corrected chi connectivity index (χ0v) is 17.9. The van der Waals surface area contributed by atoms with Gasteiger partial charge in [-0.05, 0) is 43.9 Å². The number of anilines is 1. The average Bonchev–Trinajstić information content (AvgIpc) is 3.36. The van der Waals surface area contributed by atoms with Crippen molar-refractivity contribution in [3.8, 4) is 0 Å². The van der Waals surface area contributed by atoms with E-state index in [4.69, 9.17) is 0 Å². The summed E-state index contributed by atoms with van der Waals surface area (Å²) in [6, 6.07) is 6.98. The third-order valence-electron chi connectivity index (χ3n) is 6.39. The average molecular weight is 437 g/mol. The molecular formula is C23H24N4O3S. The van der Waals surface area contributed by atoms with Crippen molar-refractivity contribution in [3.05, 3.63) is 58.6 Å². The van der Waals surface area contributed by atoms with E-state index in [1.807, 2.05) is 22.4 Å². The molecule has 8 heteroatoms. The Morgan fingerprint density at radius 3 is 2.81 bits per heavy atom. The number of carbonyl (C=O) groups is 3. The van der Waals surface area contributed by atoms with Crippen LogP contribution in [0.25, 0.3) is 0 Å². The quantitative estimate of drug-likeness (QED) is 0.750. The van der Waals surface area contributed by atoms with E-state index < -0.39 is 0 Å². The fourth-order valence-electron chi connectivity index (χ4n) is 4.74. The van der Waals surface area contributed by atoms with Gasteiger partial charge < -0.3 is 4.90 Å². The molecule has 2 saturated heterocycles. The molecule has 1 aromatic heterocycles. The summed E-state index contributed by atoms with van der Waals surface area (Å²) in [5.74, 6) is -0.722. The molecule has 1 N–H and O–H groups in total. The van der Waals surface area contributed by atoms with Crippen LogP contribution < -0.4 is 10.4 Å². The molecule has 1 aliphatic carbocycles. The molecule has 3 amide bonds. The maximum absolute atomic E-state index is 13.2. The highest BCUT2D eigenvalue weighted by molar-refractivity contribution is 7.09. The first-order valence-electron chi connectivity index (χ1n) is 10.7. The van der Waals surface area contributed by atoms with Crippen LogP contribution in [0.1, 0.15) is 47.0 Å². The van der Waals surface area contributed by atoms with Crippen molar-refractivity contribution in [3.63, 3.8) is 0 Å². The van der Waals surface area contributed by atoms with Crippen LogP contribution >= 0.6 is 11.3 Å². The van der Waals surface area contributed by atoms with Crippen LogP contribution in [0.15, 0.2) is 48.0 Å². The second-order valence-corrected chi connectivity index (χ2v) is 9.24. The van der Waals surface area contributed by atoms with Crippen molar-refractivity contribution < 1.29 is 14.4 Å². The van der Waals surface area contributed by atoms with Crippen molar-refractivity contribution in [2.24, 2.45) is 11.8 Å². The minimum atomic E-state index is -0.348. The minimum absolute atomic E-state index is 0.0580. The number of amides is 3. The molecule has 160 valence electrons. The molecule has 0 bridgehead atoms.